The molecule has 130 valence electrons. The first-order valence-electron chi connectivity index (χ1n) is 8.80. The monoisotopic (exact) mass is 312 g/mol. The van der Waals surface area contributed by atoms with Gasteiger partial charge in [-0.2, -0.15) is 0 Å². The molecule has 0 spiro atoms. The maximum absolute atomic E-state index is 11.8. The standard InChI is InChI=1S/C18H36N2O2/c1-12(2)15(11-20-17(21)22-18(5,6)7)10-19-16-9-8-13(3)14(16)4/h12-16,19H,8-11H2,1-7H3,(H,20,21). The Morgan fingerprint density at radius 3 is 2.27 bits per heavy atom. The molecule has 4 nitrogen and oxygen atoms in total. The van der Waals surface area contributed by atoms with Gasteiger partial charge in [0.1, 0.15) is 5.60 Å². The summed E-state index contributed by atoms with van der Waals surface area (Å²) in [6, 6.07) is 0.623. The molecule has 0 aromatic heterocycles. The zero-order chi connectivity index (χ0) is 16.9. The van der Waals surface area contributed by atoms with E-state index in [0.29, 0.717) is 24.4 Å². The Labute approximate surface area is 136 Å². The first kappa shape index (κ1) is 19.3. The first-order valence-corrected chi connectivity index (χ1v) is 8.80. The van der Waals surface area contributed by atoms with Crippen molar-refractivity contribution in [1.82, 2.24) is 10.6 Å². The van der Waals surface area contributed by atoms with Gasteiger partial charge in [-0.15, -0.1) is 0 Å². The van der Waals surface area contributed by atoms with E-state index in [4.69, 9.17) is 4.74 Å². The second kappa shape index (κ2) is 8.19. The van der Waals surface area contributed by atoms with Gasteiger partial charge in [0.2, 0.25) is 0 Å². The molecule has 0 aromatic rings. The van der Waals surface area contributed by atoms with E-state index in [1.54, 1.807) is 0 Å². The molecule has 1 amide bonds. The molecular weight excluding hydrogens is 276 g/mol. The Morgan fingerprint density at radius 1 is 1.18 bits per heavy atom. The van der Waals surface area contributed by atoms with Crippen molar-refractivity contribution in [3.63, 3.8) is 0 Å². The average molecular weight is 312 g/mol. The zero-order valence-corrected chi connectivity index (χ0v) is 15.5. The topological polar surface area (TPSA) is 50.4 Å². The number of hydrogen-bond donors (Lipinski definition) is 2. The van der Waals surface area contributed by atoms with E-state index in [1.165, 1.54) is 12.8 Å². The molecule has 1 aliphatic rings. The van der Waals surface area contributed by atoms with Crippen LogP contribution >= 0.6 is 0 Å². The fourth-order valence-corrected chi connectivity index (χ4v) is 3.03. The summed E-state index contributed by atoms with van der Waals surface area (Å²) in [4.78, 5) is 11.8. The van der Waals surface area contributed by atoms with Gasteiger partial charge >= 0.3 is 6.09 Å². The van der Waals surface area contributed by atoms with Crippen molar-refractivity contribution in [1.29, 1.82) is 0 Å². The van der Waals surface area contributed by atoms with E-state index in [1.807, 2.05) is 20.8 Å². The molecule has 1 rings (SSSR count). The van der Waals surface area contributed by atoms with Crippen molar-refractivity contribution in [2.75, 3.05) is 13.1 Å². The van der Waals surface area contributed by atoms with Crippen molar-refractivity contribution >= 4 is 6.09 Å². The van der Waals surface area contributed by atoms with Crippen LogP contribution in [0.25, 0.3) is 0 Å². The van der Waals surface area contributed by atoms with E-state index >= 15 is 0 Å². The minimum atomic E-state index is -0.439. The third-order valence-corrected chi connectivity index (χ3v) is 4.96. The van der Waals surface area contributed by atoms with E-state index in [0.717, 1.165) is 18.4 Å². The van der Waals surface area contributed by atoms with Crippen LogP contribution in [0.3, 0.4) is 0 Å². The van der Waals surface area contributed by atoms with Crippen molar-refractivity contribution in [2.45, 2.75) is 73.0 Å². The second-order valence-electron chi connectivity index (χ2n) is 8.32. The molecule has 4 heteroatoms. The molecule has 1 aliphatic carbocycles. The summed E-state index contributed by atoms with van der Waals surface area (Å²) in [6.07, 6.45) is 2.27. The van der Waals surface area contributed by atoms with Crippen LogP contribution in [0.15, 0.2) is 0 Å². The third kappa shape index (κ3) is 6.55. The normalized spacial score (nSPS) is 27.0. The summed E-state index contributed by atoms with van der Waals surface area (Å²) in [5.41, 5.74) is -0.439. The highest BCUT2D eigenvalue weighted by Gasteiger charge is 2.30. The predicted molar refractivity (Wildman–Crippen MR) is 91.9 cm³/mol. The van der Waals surface area contributed by atoms with Crippen LogP contribution in [0.1, 0.15) is 61.3 Å². The van der Waals surface area contributed by atoms with Gasteiger partial charge in [0, 0.05) is 19.1 Å². The Morgan fingerprint density at radius 2 is 1.82 bits per heavy atom. The number of ether oxygens (including phenoxy) is 1. The van der Waals surface area contributed by atoms with Crippen LogP contribution in [-0.4, -0.2) is 30.8 Å². The first-order chi connectivity index (χ1) is 10.1. The van der Waals surface area contributed by atoms with Gasteiger partial charge in [-0.05, 0) is 57.3 Å². The van der Waals surface area contributed by atoms with Crippen LogP contribution in [0, 0.1) is 23.7 Å². The van der Waals surface area contributed by atoms with Crippen molar-refractivity contribution in [2.24, 2.45) is 23.7 Å². The lowest BCUT2D eigenvalue weighted by Gasteiger charge is -2.27. The summed E-state index contributed by atoms with van der Waals surface area (Å²) in [5, 5.41) is 6.64. The number of carbonyl (C=O) groups excluding carboxylic acids is 1. The smallest absolute Gasteiger partial charge is 0.407 e. The van der Waals surface area contributed by atoms with Crippen LogP contribution in [0.2, 0.25) is 0 Å². The largest absolute Gasteiger partial charge is 0.444 e. The van der Waals surface area contributed by atoms with Crippen LogP contribution in [0.5, 0.6) is 0 Å². The van der Waals surface area contributed by atoms with Gasteiger partial charge in [0.25, 0.3) is 0 Å². The molecule has 0 bridgehead atoms. The lowest BCUT2D eigenvalue weighted by atomic mass is 9.93. The third-order valence-electron chi connectivity index (χ3n) is 4.96. The van der Waals surface area contributed by atoms with Gasteiger partial charge in [-0.3, -0.25) is 0 Å². The molecule has 4 unspecified atom stereocenters. The van der Waals surface area contributed by atoms with Crippen LogP contribution in [-0.2, 0) is 4.74 Å². The predicted octanol–water partition coefficient (Wildman–Crippen LogP) is 3.81. The summed E-state index contributed by atoms with van der Waals surface area (Å²) in [6.45, 7) is 16.4. The van der Waals surface area contributed by atoms with Gasteiger partial charge in [0.05, 0.1) is 0 Å². The fraction of sp³-hybridized carbons (Fsp3) is 0.944. The number of hydrogen-bond acceptors (Lipinski definition) is 3. The van der Waals surface area contributed by atoms with E-state index in [-0.39, 0.29) is 6.09 Å². The van der Waals surface area contributed by atoms with E-state index < -0.39 is 5.60 Å². The Kier molecular flexibility index (Phi) is 7.17. The number of nitrogens with one attached hydrogen (secondary N) is 2. The lowest BCUT2D eigenvalue weighted by Crippen LogP contribution is -2.42. The second-order valence-corrected chi connectivity index (χ2v) is 8.32. The average Bonchev–Trinajstić information content (AvgIpc) is 2.67. The number of rotatable bonds is 6. The van der Waals surface area contributed by atoms with Crippen LogP contribution in [0.4, 0.5) is 4.79 Å². The van der Waals surface area contributed by atoms with Gasteiger partial charge in [-0.25, -0.2) is 4.79 Å². The quantitative estimate of drug-likeness (QED) is 0.784. The minimum Gasteiger partial charge on any atom is -0.444 e. The van der Waals surface area contributed by atoms with Crippen LogP contribution < -0.4 is 10.6 Å². The molecular formula is C18H36N2O2. The lowest BCUT2D eigenvalue weighted by molar-refractivity contribution is 0.0514. The molecule has 0 radical (unpaired) electrons. The van der Waals surface area contributed by atoms with Gasteiger partial charge in [0.15, 0.2) is 0 Å². The molecule has 0 aromatic carbocycles. The highest BCUT2D eigenvalue weighted by molar-refractivity contribution is 5.67. The van der Waals surface area contributed by atoms with Gasteiger partial charge < -0.3 is 15.4 Å². The molecule has 2 N–H and O–H groups in total. The Hall–Kier alpha value is -0.770. The number of alkyl carbamates (subject to hydrolysis) is 1. The zero-order valence-electron chi connectivity index (χ0n) is 15.5. The summed E-state index contributed by atoms with van der Waals surface area (Å²) >= 11 is 0. The number of carbonyl (C=O) groups is 1. The highest BCUT2D eigenvalue weighted by Crippen LogP contribution is 2.31. The van der Waals surface area contributed by atoms with Crippen molar-refractivity contribution in [3.8, 4) is 0 Å². The molecule has 0 aliphatic heterocycles. The SMILES string of the molecule is CC(C)C(CNC(=O)OC(C)(C)C)CNC1CCC(C)C1C. The number of amides is 1. The molecule has 4 atom stereocenters. The maximum atomic E-state index is 11.8. The molecule has 0 saturated heterocycles. The summed E-state index contributed by atoms with van der Waals surface area (Å²) in [7, 11) is 0. The van der Waals surface area contributed by atoms with Crippen molar-refractivity contribution in [3.05, 3.63) is 0 Å². The molecule has 22 heavy (non-hydrogen) atoms. The van der Waals surface area contributed by atoms with Crippen molar-refractivity contribution < 1.29 is 9.53 Å². The maximum Gasteiger partial charge on any atom is 0.407 e. The highest BCUT2D eigenvalue weighted by atomic mass is 16.6. The Bertz CT molecular complexity index is 349. The molecule has 1 fully saturated rings. The van der Waals surface area contributed by atoms with E-state index in [2.05, 4.69) is 38.3 Å². The summed E-state index contributed by atoms with van der Waals surface area (Å²) < 4.78 is 5.31. The summed E-state index contributed by atoms with van der Waals surface area (Å²) in [5.74, 6) is 2.51. The van der Waals surface area contributed by atoms with Gasteiger partial charge in [-0.1, -0.05) is 27.7 Å². The molecule has 0 heterocycles. The minimum absolute atomic E-state index is 0.319. The fourth-order valence-electron chi connectivity index (χ4n) is 3.03. The molecule has 1 saturated carbocycles. The van der Waals surface area contributed by atoms with E-state index in [9.17, 15) is 4.79 Å². The Balaban J connectivity index is 2.38.